The molecule has 92 valence electrons. The van der Waals surface area contributed by atoms with Crippen molar-refractivity contribution in [3.63, 3.8) is 0 Å². The number of ether oxygens (including phenoxy) is 1. The average Bonchev–Trinajstić information content (AvgIpc) is 2.32. The summed E-state index contributed by atoms with van der Waals surface area (Å²) in [5.41, 5.74) is -0.106. The van der Waals surface area contributed by atoms with Gasteiger partial charge in [0.1, 0.15) is 6.10 Å². The molecule has 1 fully saturated rings. The van der Waals surface area contributed by atoms with Crippen LogP contribution < -0.4 is 4.74 Å². The Bertz CT molecular complexity index is 408. The molecule has 1 aromatic rings. The van der Waals surface area contributed by atoms with Crippen molar-refractivity contribution in [3.05, 3.63) is 18.1 Å². The molecule has 0 radical (unpaired) electrons. The van der Waals surface area contributed by atoms with E-state index in [2.05, 4.69) is 16.9 Å². The number of rotatable bonds is 3. The number of carboxylic acids is 1. The lowest BCUT2D eigenvalue weighted by atomic mass is 9.88. The van der Waals surface area contributed by atoms with E-state index in [1.54, 1.807) is 0 Å². The van der Waals surface area contributed by atoms with Crippen molar-refractivity contribution in [2.45, 2.75) is 38.7 Å². The Hall–Kier alpha value is -1.65. The van der Waals surface area contributed by atoms with Crippen LogP contribution in [0, 0.1) is 5.92 Å². The predicted molar refractivity (Wildman–Crippen MR) is 61.0 cm³/mol. The first-order chi connectivity index (χ1) is 8.18. The summed E-state index contributed by atoms with van der Waals surface area (Å²) in [5.74, 6) is -0.525. The van der Waals surface area contributed by atoms with E-state index in [0.717, 1.165) is 19.3 Å². The molecule has 17 heavy (non-hydrogen) atoms. The number of hydrogen-bond acceptors (Lipinski definition) is 4. The summed E-state index contributed by atoms with van der Waals surface area (Å²) < 4.78 is 5.71. The standard InChI is InChI=1S/C12H16N2O3/c1-8-4-2-3-5-9(8)17-11-10(12(15)16)13-6-7-14-11/h6-9H,2-5H2,1H3,(H,15,16). The van der Waals surface area contributed by atoms with Crippen molar-refractivity contribution in [2.75, 3.05) is 0 Å². The molecule has 1 heterocycles. The van der Waals surface area contributed by atoms with Gasteiger partial charge in [0.2, 0.25) is 11.6 Å². The normalized spacial score (nSPS) is 24.3. The summed E-state index contributed by atoms with van der Waals surface area (Å²) in [6.45, 7) is 2.13. The third kappa shape index (κ3) is 2.72. The lowest BCUT2D eigenvalue weighted by Gasteiger charge is -2.28. The second-order valence-electron chi connectivity index (χ2n) is 4.43. The summed E-state index contributed by atoms with van der Waals surface area (Å²) >= 11 is 0. The van der Waals surface area contributed by atoms with E-state index in [0.29, 0.717) is 5.92 Å². The van der Waals surface area contributed by atoms with E-state index < -0.39 is 5.97 Å². The third-order valence-electron chi connectivity index (χ3n) is 3.16. The van der Waals surface area contributed by atoms with Gasteiger partial charge in [-0.25, -0.2) is 14.8 Å². The Kier molecular flexibility index (Phi) is 3.56. The lowest BCUT2D eigenvalue weighted by Crippen LogP contribution is -2.29. The topological polar surface area (TPSA) is 72.3 Å². The van der Waals surface area contributed by atoms with E-state index in [-0.39, 0.29) is 17.7 Å². The molecule has 1 aromatic heterocycles. The highest BCUT2D eigenvalue weighted by Gasteiger charge is 2.25. The molecule has 0 aromatic carbocycles. The minimum absolute atomic E-state index is 0.0542. The number of nitrogens with zero attached hydrogens (tertiary/aromatic N) is 2. The van der Waals surface area contributed by atoms with Gasteiger partial charge in [-0.3, -0.25) is 0 Å². The molecule has 1 aliphatic rings. The predicted octanol–water partition coefficient (Wildman–Crippen LogP) is 2.13. The summed E-state index contributed by atoms with van der Waals surface area (Å²) in [6, 6.07) is 0. The van der Waals surface area contributed by atoms with Crippen LogP contribution in [-0.2, 0) is 0 Å². The van der Waals surface area contributed by atoms with Gasteiger partial charge in [-0.2, -0.15) is 0 Å². The smallest absolute Gasteiger partial charge is 0.360 e. The number of carbonyl (C=O) groups is 1. The second-order valence-corrected chi connectivity index (χ2v) is 4.43. The number of carboxylic acid groups (broad SMARTS) is 1. The Labute approximate surface area is 99.9 Å². The zero-order chi connectivity index (χ0) is 12.3. The largest absolute Gasteiger partial charge is 0.476 e. The molecule has 1 N–H and O–H groups in total. The Morgan fingerprint density at radius 2 is 2.06 bits per heavy atom. The molecule has 2 atom stereocenters. The zero-order valence-electron chi connectivity index (χ0n) is 9.80. The van der Waals surface area contributed by atoms with Crippen LogP contribution in [0.5, 0.6) is 5.88 Å². The number of aromatic carboxylic acids is 1. The van der Waals surface area contributed by atoms with Crippen molar-refractivity contribution >= 4 is 5.97 Å². The fourth-order valence-corrected chi connectivity index (χ4v) is 2.16. The van der Waals surface area contributed by atoms with E-state index in [1.807, 2.05) is 0 Å². The first-order valence-electron chi connectivity index (χ1n) is 5.89. The monoisotopic (exact) mass is 236 g/mol. The van der Waals surface area contributed by atoms with E-state index in [4.69, 9.17) is 9.84 Å². The van der Waals surface area contributed by atoms with Crippen LogP contribution in [-0.4, -0.2) is 27.1 Å². The molecule has 0 saturated heterocycles. The van der Waals surface area contributed by atoms with Gasteiger partial charge in [0.25, 0.3) is 0 Å². The third-order valence-corrected chi connectivity index (χ3v) is 3.16. The zero-order valence-corrected chi connectivity index (χ0v) is 9.80. The first kappa shape index (κ1) is 11.8. The van der Waals surface area contributed by atoms with Crippen LogP contribution in [0.25, 0.3) is 0 Å². The van der Waals surface area contributed by atoms with Gasteiger partial charge in [0, 0.05) is 12.4 Å². The number of hydrogen-bond donors (Lipinski definition) is 1. The first-order valence-corrected chi connectivity index (χ1v) is 5.89. The highest BCUT2D eigenvalue weighted by molar-refractivity contribution is 5.87. The molecule has 5 heteroatoms. The Morgan fingerprint density at radius 3 is 2.76 bits per heavy atom. The molecule has 0 aliphatic heterocycles. The van der Waals surface area contributed by atoms with Gasteiger partial charge in [-0.05, 0) is 25.2 Å². The lowest BCUT2D eigenvalue weighted by molar-refractivity contribution is 0.0657. The molecule has 5 nitrogen and oxygen atoms in total. The highest BCUT2D eigenvalue weighted by atomic mass is 16.5. The second kappa shape index (κ2) is 5.12. The molecular weight excluding hydrogens is 220 g/mol. The summed E-state index contributed by atoms with van der Waals surface area (Å²) in [7, 11) is 0. The van der Waals surface area contributed by atoms with Crippen LogP contribution in [0.2, 0.25) is 0 Å². The van der Waals surface area contributed by atoms with Crippen molar-refractivity contribution in [1.29, 1.82) is 0 Å². The van der Waals surface area contributed by atoms with Gasteiger partial charge in [-0.1, -0.05) is 13.3 Å². The van der Waals surface area contributed by atoms with Gasteiger partial charge < -0.3 is 9.84 Å². The van der Waals surface area contributed by atoms with E-state index in [1.165, 1.54) is 18.8 Å². The Morgan fingerprint density at radius 1 is 1.35 bits per heavy atom. The molecule has 1 aliphatic carbocycles. The minimum Gasteiger partial charge on any atom is -0.476 e. The van der Waals surface area contributed by atoms with Crippen LogP contribution in [0.4, 0.5) is 0 Å². The maximum Gasteiger partial charge on any atom is 0.360 e. The van der Waals surface area contributed by atoms with E-state index >= 15 is 0 Å². The summed E-state index contributed by atoms with van der Waals surface area (Å²) in [6.07, 6.45) is 7.28. The van der Waals surface area contributed by atoms with E-state index in [9.17, 15) is 4.79 Å². The van der Waals surface area contributed by atoms with Gasteiger partial charge in [0.05, 0.1) is 0 Å². The average molecular weight is 236 g/mol. The van der Waals surface area contributed by atoms with Gasteiger partial charge in [0.15, 0.2) is 0 Å². The van der Waals surface area contributed by atoms with Crippen molar-refractivity contribution in [1.82, 2.24) is 9.97 Å². The summed E-state index contributed by atoms with van der Waals surface area (Å²) in [4.78, 5) is 18.7. The maximum absolute atomic E-state index is 11.0. The molecule has 0 bridgehead atoms. The van der Waals surface area contributed by atoms with Crippen LogP contribution in [0.1, 0.15) is 43.1 Å². The minimum atomic E-state index is -1.10. The number of aromatic nitrogens is 2. The fourth-order valence-electron chi connectivity index (χ4n) is 2.16. The highest BCUT2D eigenvalue weighted by Crippen LogP contribution is 2.28. The molecule has 2 unspecified atom stereocenters. The SMILES string of the molecule is CC1CCCCC1Oc1nccnc1C(=O)O. The Balaban J connectivity index is 2.14. The molecule has 0 amide bonds. The van der Waals surface area contributed by atoms with Gasteiger partial charge in [-0.15, -0.1) is 0 Å². The van der Waals surface area contributed by atoms with Crippen molar-refractivity contribution < 1.29 is 14.6 Å². The molecular formula is C12H16N2O3. The van der Waals surface area contributed by atoms with Crippen LogP contribution in [0.3, 0.4) is 0 Å². The summed E-state index contributed by atoms with van der Waals surface area (Å²) in [5, 5.41) is 8.98. The maximum atomic E-state index is 11.0. The van der Waals surface area contributed by atoms with Gasteiger partial charge >= 0.3 is 5.97 Å². The van der Waals surface area contributed by atoms with Crippen molar-refractivity contribution in [3.8, 4) is 5.88 Å². The quantitative estimate of drug-likeness (QED) is 0.870. The fraction of sp³-hybridized carbons (Fsp3) is 0.583. The van der Waals surface area contributed by atoms with Crippen LogP contribution >= 0.6 is 0 Å². The molecule has 2 rings (SSSR count). The van der Waals surface area contributed by atoms with Crippen molar-refractivity contribution in [2.24, 2.45) is 5.92 Å². The van der Waals surface area contributed by atoms with Crippen LogP contribution in [0.15, 0.2) is 12.4 Å². The molecule has 0 spiro atoms. The molecule has 1 saturated carbocycles.